The molecule has 2 aromatic carbocycles. The monoisotopic (exact) mass is 394 g/mol. The second-order valence-corrected chi connectivity index (χ2v) is 7.45. The van der Waals surface area contributed by atoms with Gasteiger partial charge in [-0.2, -0.15) is 4.68 Å². The highest BCUT2D eigenvalue weighted by molar-refractivity contribution is 7.99. The van der Waals surface area contributed by atoms with Gasteiger partial charge in [0.25, 0.3) is 0 Å². The molecule has 1 unspecified atom stereocenters. The highest BCUT2D eigenvalue weighted by Crippen LogP contribution is 2.34. The zero-order valence-electron chi connectivity index (χ0n) is 15.6. The molecule has 0 N–H and O–H groups in total. The van der Waals surface area contributed by atoms with Gasteiger partial charge in [0.2, 0.25) is 16.9 Å². The number of benzene rings is 2. The second-order valence-electron chi connectivity index (χ2n) is 6.14. The molecule has 0 amide bonds. The fourth-order valence-corrected chi connectivity index (χ4v) is 3.40. The summed E-state index contributed by atoms with van der Waals surface area (Å²) in [7, 11) is 1.63. The summed E-state index contributed by atoms with van der Waals surface area (Å²) in [5.41, 5.74) is 2.91. The lowest BCUT2D eigenvalue weighted by Gasteiger charge is -2.08. The van der Waals surface area contributed by atoms with Crippen LogP contribution in [0.15, 0.2) is 58.1 Å². The Morgan fingerprint density at radius 3 is 2.46 bits per heavy atom. The van der Waals surface area contributed by atoms with E-state index >= 15 is 0 Å². The molecule has 0 bridgehead atoms. The third-order valence-electron chi connectivity index (χ3n) is 4.13. The van der Waals surface area contributed by atoms with Crippen LogP contribution in [-0.2, 0) is 0 Å². The lowest BCUT2D eigenvalue weighted by Crippen LogP contribution is -2.00. The minimum Gasteiger partial charge on any atom is -0.497 e. The van der Waals surface area contributed by atoms with E-state index in [1.165, 1.54) is 17.3 Å². The number of methoxy groups -OCH3 is 1. The van der Waals surface area contributed by atoms with Gasteiger partial charge in [-0.05, 0) is 60.7 Å². The Hall–Kier alpha value is -3.20. The van der Waals surface area contributed by atoms with Gasteiger partial charge in [0.1, 0.15) is 5.75 Å². The van der Waals surface area contributed by atoms with Crippen molar-refractivity contribution < 1.29 is 9.15 Å². The maximum absolute atomic E-state index is 5.86. The van der Waals surface area contributed by atoms with E-state index in [-0.39, 0.29) is 5.25 Å². The van der Waals surface area contributed by atoms with E-state index in [9.17, 15) is 0 Å². The first-order chi connectivity index (χ1) is 13.6. The first-order valence-corrected chi connectivity index (χ1v) is 9.52. The summed E-state index contributed by atoms with van der Waals surface area (Å²) < 4.78 is 12.7. The molecule has 1 atom stereocenters. The molecular weight excluding hydrogens is 376 g/mol. The standard InChI is InChI=1S/C19H18N6O2S/c1-12-4-6-14(7-5-12)18-21-20-17(27-18)13(2)28-19-22-23-24-25(19)15-8-10-16(26-3)11-9-15/h4-11,13H,1-3H3. The maximum Gasteiger partial charge on any atom is 0.247 e. The van der Waals surface area contributed by atoms with Gasteiger partial charge < -0.3 is 9.15 Å². The van der Waals surface area contributed by atoms with E-state index in [1.807, 2.05) is 62.4 Å². The minimum absolute atomic E-state index is 0.116. The average Bonchev–Trinajstić information content (AvgIpc) is 3.38. The second kappa shape index (κ2) is 7.81. The van der Waals surface area contributed by atoms with Gasteiger partial charge in [-0.25, -0.2) is 0 Å². The molecule has 2 aromatic heterocycles. The number of hydrogen-bond donors (Lipinski definition) is 0. The number of thioether (sulfide) groups is 1. The molecule has 9 heteroatoms. The van der Waals surface area contributed by atoms with E-state index in [1.54, 1.807) is 11.8 Å². The predicted molar refractivity (Wildman–Crippen MR) is 104 cm³/mol. The van der Waals surface area contributed by atoms with E-state index in [0.717, 1.165) is 17.0 Å². The van der Waals surface area contributed by atoms with Crippen LogP contribution in [-0.4, -0.2) is 37.5 Å². The molecule has 4 aromatic rings. The lowest BCUT2D eigenvalue weighted by molar-refractivity contribution is 0.414. The van der Waals surface area contributed by atoms with Gasteiger partial charge in [-0.1, -0.05) is 29.5 Å². The molecule has 28 heavy (non-hydrogen) atoms. The van der Waals surface area contributed by atoms with Crippen molar-refractivity contribution in [2.45, 2.75) is 24.3 Å². The number of aryl methyl sites for hydroxylation is 1. The molecule has 0 saturated heterocycles. The van der Waals surface area contributed by atoms with Crippen molar-refractivity contribution >= 4 is 11.8 Å². The highest BCUT2D eigenvalue weighted by Gasteiger charge is 2.20. The van der Waals surface area contributed by atoms with Crippen molar-refractivity contribution in [3.8, 4) is 22.9 Å². The van der Waals surface area contributed by atoms with Crippen molar-refractivity contribution in [2.24, 2.45) is 0 Å². The average molecular weight is 394 g/mol. The third-order valence-corrected chi connectivity index (χ3v) is 5.15. The van der Waals surface area contributed by atoms with Gasteiger partial charge >= 0.3 is 0 Å². The van der Waals surface area contributed by atoms with Gasteiger partial charge in [0.05, 0.1) is 18.0 Å². The molecule has 2 heterocycles. The van der Waals surface area contributed by atoms with Crippen LogP contribution in [0.2, 0.25) is 0 Å². The first-order valence-electron chi connectivity index (χ1n) is 8.64. The maximum atomic E-state index is 5.86. The van der Waals surface area contributed by atoms with E-state index < -0.39 is 0 Å². The van der Waals surface area contributed by atoms with Crippen molar-refractivity contribution in [2.75, 3.05) is 7.11 Å². The molecule has 0 aliphatic rings. The van der Waals surface area contributed by atoms with Gasteiger partial charge in [0.15, 0.2) is 0 Å². The smallest absolute Gasteiger partial charge is 0.247 e. The predicted octanol–water partition coefficient (Wildman–Crippen LogP) is 3.88. The van der Waals surface area contributed by atoms with Gasteiger partial charge in [-0.3, -0.25) is 0 Å². The van der Waals surface area contributed by atoms with E-state index in [0.29, 0.717) is 16.9 Å². The summed E-state index contributed by atoms with van der Waals surface area (Å²) in [6.45, 7) is 4.01. The first kappa shape index (κ1) is 18.2. The van der Waals surface area contributed by atoms with Gasteiger partial charge in [0, 0.05) is 5.56 Å². The molecular formula is C19H18N6O2S. The molecule has 0 radical (unpaired) electrons. The van der Waals surface area contributed by atoms with Crippen LogP contribution in [0.1, 0.15) is 23.6 Å². The lowest BCUT2D eigenvalue weighted by atomic mass is 10.1. The van der Waals surface area contributed by atoms with Crippen molar-refractivity contribution in [3.63, 3.8) is 0 Å². The minimum atomic E-state index is -0.116. The summed E-state index contributed by atoms with van der Waals surface area (Å²) in [6, 6.07) is 15.5. The molecule has 0 saturated carbocycles. The van der Waals surface area contributed by atoms with Crippen molar-refractivity contribution in [1.29, 1.82) is 0 Å². The quantitative estimate of drug-likeness (QED) is 0.455. The fraction of sp³-hybridized carbons (Fsp3) is 0.211. The van der Waals surface area contributed by atoms with Crippen LogP contribution < -0.4 is 4.74 Å². The van der Waals surface area contributed by atoms with E-state index in [4.69, 9.17) is 9.15 Å². The Morgan fingerprint density at radius 1 is 1.00 bits per heavy atom. The Bertz CT molecular complexity index is 1060. The molecule has 0 fully saturated rings. The topological polar surface area (TPSA) is 91.8 Å². The number of rotatable bonds is 6. The summed E-state index contributed by atoms with van der Waals surface area (Å²) in [5, 5.41) is 20.9. The Morgan fingerprint density at radius 2 is 1.75 bits per heavy atom. The summed E-state index contributed by atoms with van der Waals surface area (Å²) in [6.07, 6.45) is 0. The summed E-state index contributed by atoms with van der Waals surface area (Å²) in [5.74, 6) is 1.79. The van der Waals surface area contributed by atoms with Crippen LogP contribution in [0, 0.1) is 6.92 Å². The summed E-state index contributed by atoms with van der Waals surface area (Å²) in [4.78, 5) is 0. The number of nitrogens with zero attached hydrogens (tertiary/aromatic N) is 6. The Balaban J connectivity index is 1.52. The van der Waals surface area contributed by atoms with Crippen LogP contribution >= 0.6 is 11.8 Å². The van der Waals surface area contributed by atoms with Crippen LogP contribution in [0.25, 0.3) is 17.1 Å². The molecule has 4 rings (SSSR count). The molecule has 0 spiro atoms. The zero-order valence-corrected chi connectivity index (χ0v) is 16.4. The third kappa shape index (κ3) is 3.74. The van der Waals surface area contributed by atoms with Crippen molar-refractivity contribution in [3.05, 3.63) is 60.0 Å². The number of ether oxygens (including phenoxy) is 1. The number of hydrogen-bond acceptors (Lipinski definition) is 8. The van der Waals surface area contributed by atoms with Crippen LogP contribution in [0.5, 0.6) is 5.75 Å². The largest absolute Gasteiger partial charge is 0.497 e. The van der Waals surface area contributed by atoms with Crippen LogP contribution in [0.3, 0.4) is 0 Å². The zero-order chi connectivity index (χ0) is 19.5. The normalized spacial score (nSPS) is 12.1. The van der Waals surface area contributed by atoms with Crippen molar-refractivity contribution in [1.82, 2.24) is 30.4 Å². The molecule has 142 valence electrons. The summed E-state index contributed by atoms with van der Waals surface area (Å²) >= 11 is 1.45. The Labute approximate surface area is 165 Å². The fourth-order valence-electron chi connectivity index (χ4n) is 2.56. The molecule has 0 aliphatic heterocycles. The number of aromatic nitrogens is 6. The van der Waals surface area contributed by atoms with Crippen LogP contribution in [0.4, 0.5) is 0 Å². The highest BCUT2D eigenvalue weighted by atomic mass is 32.2. The SMILES string of the molecule is COc1ccc(-n2nnnc2SC(C)c2nnc(-c3ccc(C)cc3)o2)cc1. The molecule has 0 aliphatic carbocycles. The van der Waals surface area contributed by atoms with E-state index in [2.05, 4.69) is 25.7 Å². The Kier molecular flexibility index (Phi) is 5.07. The van der Waals surface area contributed by atoms with Gasteiger partial charge in [-0.15, -0.1) is 15.3 Å². The number of tetrazole rings is 1. The molecule has 8 nitrogen and oxygen atoms in total.